The molecule has 2 fully saturated rings. The molecule has 26 heavy (non-hydrogen) atoms. The Hall–Kier alpha value is -2.25. The average Bonchev–Trinajstić information content (AvgIpc) is 3.21. The van der Waals surface area contributed by atoms with Crippen molar-refractivity contribution in [3.05, 3.63) is 48.0 Å². The highest BCUT2D eigenvalue weighted by molar-refractivity contribution is 5.39. The second-order valence-corrected chi connectivity index (χ2v) is 7.45. The Labute approximate surface area is 152 Å². The third-order valence-corrected chi connectivity index (χ3v) is 5.37. The molecule has 1 aliphatic heterocycles. The topological polar surface area (TPSA) is 71.5 Å². The smallest absolute Gasteiger partial charge is 0.229 e. The molecule has 5 rings (SSSR count). The van der Waals surface area contributed by atoms with Crippen LogP contribution in [0.25, 0.3) is 5.65 Å². The van der Waals surface area contributed by atoms with E-state index in [-0.39, 0.29) is 0 Å². The van der Waals surface area contributed by atoms with Crippen molar-refractivity contribution in [2.24, 2.45) is 0 Å². The highest BCUT2D eigenvalue weighted by Crippen LogP contribution is 2.38. The van der Waals surface area contributed by atoms with E-state index in [0.29, 0.717) is 12.0 Å². The summed E-state index contributed by atoms with van der Waals surface area (Å²) in [6.45, 7) is 3.75. The molecular formula is C19H24N6O. The van der Waals surface area contributed by atoms with Crippen molar-refractivity contribution in [2.75, 3.05) is 13.1 Å². The van der Waals surface area contributed by atoms with E-state index in [4.69, 9.17) is 4.52 Å². The summed E-state index contributed by atoms with van der Waals surface area (Å²) in [5, 5.41) is 7.87. The Bertz CT molecular complexity index is 883. The van der Waals surface area contributed by atoms with Gasteiger partial charge in [-0.1, -0.05) is 11.2 Å². The summed E-state index contributed by atoms with van der Waals surface area (Å²) in [4.78, 5) is 11.4. The fourth-order valence-corrected chi connectivity index (χ4v) is 3.79. The molecule has 1 N–H and O–H groups in total. The number of piperidine rings is 1. The molecular weight excluding hydrogens is 328 g/mol. The molecule has 1 unspecified atom stereocenters. The van der Waals surface area contributed by atoms with E-state index in [0.717, 1.165) is 43.5 Å². The molecule has 1 saturated carbocycles. The molecule has 2 aliphatic rings. The lowest BCUT2D eigenvalue weighted by atomic mass is 10.1. The first-order chi connectivity index (χ1) is 12.8. The van der Waals surface area contributed by atoms with Crippen LogP contribution in [0.15, 0.2) is 35.1 Å². The van der Waals surface area contributed by atoms with Gasteiger partial charge in [0.1, 0.15) is 5.65 Å². The summed E-state index contributed by atoms with van der Waals surface area (Å²) in [6.07, 6.45) is 8.66. The van der Waals surface area contributed by atoms with Gasteiger partial charge in [0.05, 0.1) is 6.54 Å². The monoisotopic (exact) mass is 352 g/mol. The zero-order valence-electron chi connectivity index (χ0n) is 14.8. The van der Waals surface area contributed by atoms with Crippen LogP contribution in [0.5, 0.6) is 0 Å². The van der Waals surface area contributed by atoms with Gasteiger partial charge in [0.15, 0.2) is 5.82 Å². The molecule has 7 heteroatoms. The van der Waals surface area contributed by atoms with Gasteiger partial charge in [-0.25, -0.2) is 4.98 Å². The van der Waals surface area contributed by atoms with Crippen molar-refractivity contribution in [3.63, 3.8) is 0 Å². The molecule has 1 aliphatic carbocycles. The van der Waals surface area contributed by atoms with Crippen LogP contribution in [0.3, 0.4) is 0 Å². The van der Waals surface area contributed by atoms with Gasteiger partial charge in [0, 0.05) is 43.1 Å². The molecule has 0 spiro atoms. The number of nitrogens with one attached hydrogen (secondary N) is 1. The van der Waals surface area contributed by atoms with Crippen LogP contribution in [0.4, 0.5) is 0 Å². The fraction of sp³-hybridized carbons (Fsp3) is 0.526. The van der Waals surface area contributed by atoms with E-state index in [2.05, 4.69) is 41.9 Å². The molecule has 7 nitrogen and oxygen atoms in total. The second kappa shape index (κ2) is 6.81. The summed E-state index contributed by atoms with van der Waals surface area (Å²) in [7, 11) is 0. The number of rotatable bonds is 6. The lowest BCUT2D eigenvalue weighted by Crippen LogP contribution is -2.45. The number of nitrogens with zero attached hydrogens (tertiary/aromatic N) is 5. The van der Waals surface area contributed by atoms with Crippen molar-refractivity contribution in [1.82, 2.24) is 29.7 Å². The van der Waals surface area contributed by atoms with Crippen LogP contribution in [-0.4, -0.2) is 43.6 Å². The van der Waals surface area contributed by atoms with Crippen LogP contribution in [-0.2, 0) is 13.1 Å². The Morgan fingerprint density at radius 1 is 1.23 bits per heavy atom. The minimum atomic E-state index is 0.484. The minimum absolute atomic E-state index is 0.484. The number of imidazole rings is 1. The molecule has 0 radical (unpaired) electrons. The molecule has 1 saturated heterocycles. The number of hydrogen-bond acceptors (Lipinski definition) is 6. The van der Waals surface area contributed by atoms with E-state index in [9.17, 15) is 0 Å². The minimum Gasteiger partial charge on any atom is -0.339 e. The quantitative estimate of drug-likeness (QED) is 0.734. The predicted molar refractivity (Wildman–Crippen MR) is 96.6 cm³/mol. The molecule has 3 aromatic rings. The Balaban J connectivity index is 1.18. The van der Waals surface area contributed by atoms with Crippen LogP contribution < -0.4 is 5.32 Å². The maximum atomic E-state index is 5.38. The number of fused-ring (bicyclic) bond motifs is 1. The van der Waals surface area contributed by atoms with Crippen molar-refractivity contribution in [1.29, 1.82) is 0 Å². The average molecular weight is 352 g/mol. The summed E-state index contributed by atoms with van der Waals surface area (Å²) in [5.74, 6) is 2.19. The summed E-state index contributed by atoms with van der Waals surface area (Å²) >= 11 is 0. The van der Waals surface area contributed by atoms with Gasteiger partial charge in [0.25, 0.3) is 0 Å². The third kappa shape index (κ3) is 3.37. The van der Waals surface area contributed by atoms with Crippen LogP contribution in [0, 0.1) is 0 Å². The van der Waals surface area contributed by atoms with Gasteiger partial charge < -0.3 is 14.2 Å². The highest BCUT2D eigenvalue weighted by atomic mass is 16.5. The van der Waals surface area contributed by atoms with E-state index in [1.54, 1.807) is 0 Å². The van der Waals surface area contributed by atoms with E-state index >= 15 is 0 Å². The van der Waals surface area contributed by atoms with Crippen molar-refractivity contribution >= 4 is 5.65 Å². The first-order valence-electron chi connectivity index (χ1n) is 9.54. The Kier molecular flexibility index (Phi) is 4.18. The SMILES string of the molecule is c1cc(CNC2CCCN(Cc3noc(C4CC4)n3)C2)n2ccnc2c1. The van der Waals surface area contributed by atoms with E-state index < -0.39 is 0 Å². The Morgan fingerprint density at radius 3 is 3.12 bits per heavy atom. The predicted octanol–water partition coefficient (Wildman–Crippen LogP) is 2.35. The van der Waals surface area contributed by atoms with Gasteiger partial charge in [-0.15, -0.1) is 0 Å². The normalized spacial score (nSPS) is 21.5. The second-order valence-electron chi connectivity index (χ2n) is 7.45. The van der Waals surface area contributed by atoms with E-state index in [1.165, 1.54) is 31.4 Å². The first-order valence-corrected chi connectivity index (χ1v) is 9.54. The van der Waals surface area contributed by atoms with Crippen molar-refractivity contribution in [2.45, 2.75) is 50.7 Å². The molecule has 0 aromatic carbocycles. The molecule has 0 amide bonds. The maximum Gasteiger partial charge on any atom is 0.229 e. The van der Waals surface area contributed by atoms with Gasteiger partial charge in [-0.2, -0.15) is 4.98 Å². The highest BCUT2D eigenvalue weighted by Gasteiger charge is 2.30. The summed E-state index contributed by atoms with van der Waals surface area (Å²) < 4.78 is 7.53. The summed E-state index contributed by atoms with van der Waals surface area (Å²) in [6, 6.07) is 6.74. The van der Waals surface area contributed by atoms with Gasteiger partial charge >= 0.3 is 0 Å². The Morgan fingerprint density at radius 2 is 2.19 bits per heavy atom. The lowest BCUT2D eigenvalue weighted by molar-refractivity contribution is 0.177. The van der Waals surface area contributed by atoms with Crippen molar-refractivity contribution in [3.8, 4) is 0 Å². The fourth-order valence-electron chi connectivity index (χ4n) is 3.79. The summed E-state index contributed by atoms with van der Waals surface area (Å²) in [5.41, 5.74) is 2.24. The zero-order chi connectivity index (χ0) is 17.3. The van der Waals surface area contributed by atoms with Crippen LogP contribution in [0.2, 0.25) is 0 Å². The molecule has 0 bridgehead atoms. The maximum absolute atomic E-state index is 5.38. The standard InChI is InChI=1S/C19H24N6O/c1-4-16(25-10-8-20-18(25)5-1)11-21-15-3-2-9-24(12-15)13-17-22-19(26-23-17)14-6-7-14/h1,4-5,8,10,14-15,21H,2-3,6-7,9,11-13H2. The van der Waals surface area contributed by atoms with Crippen molar-refractivity contribution < 1.29 is 4.52 Å². The first kappa shape index (κ1) is 16.0. The van der Waals surface area contributed by atoms with E-state index in [1.807, 2.05) is 18.5 Å². The number of likely N-dealkylation sites (tertiary alicyclic amines) is 1. The third-order valence-electron chi connectivity index (χ3n) is 5.37. The largest absolute Gasteiger partial charge is 0.339 e. The molecule has 4 heterocycles. The van der Waals surface area contributed by atoms with Gasteiger partial charge in [-0.3, -0.25) is 4.90 Å². The molecule has 3 aromatic heterocycles. The molecule has 1 atom stereocenters. The van der Waals surface area contributed by atoms with Gasteiger partial charge in [0.2, 0.25) is 5.89 Å². The number of hydrogen-bond donors (Lipinski definition) is 1. The van der Waals surface area contributed by atoms with Gasteiger partial charge in [-0.05, 0) is 44.4 Å². The molecule has 136 valence electrons. The number of pyridine rings is 1. The van der Waals surface area contributed by atoms with Crippen LogP contribution >= 0.6 is 0 Å². The van der Waals surface area contributed by atoms with Crippen LogP contribution in [0.1, 0.15) is 49.0 Å². The zero-order valence-corrected chi connectivity index (χ0v) is 14.8. The lowest BCUT2D eigenvalue weighted by Gasteiger charge is -2.32. The number of aromatic nitrogens is 4.